The highest BCUT2D eigenvalue weighted by molar-refractivity contribution is 4.48. The molecule has 0 bridgehead atoms. The van der Waals surface area contributed by atoms with E-state index in [-0.39, 0.29) is 6.10 Å². The molecule has 0 unspecified atom stereocenters. The Labute approximate surface area is 38.0 Å². The van der Waals surface area contributed by atoms with Gasteiger partial charge in [-0.15, -0.1) is 0 Å². The normalized spacial score (nSPS) is 14.5. The summed E-state index contributed by atoms with van der Waals surface area (Å²) < 4.78 is 0. The summed E-state index contributed by atoms with van der Waals surface area (Å²) in [6, 6.07) is 0. The molecular formula is C4H11NO. The highest BCUT2D eigenvalue weighted by atomic mass is 16.3. The molecule has 0 aliphatic carbocycles. The molecule has 6 heavy (non-hydrogen) atoms. The maximum Gasteiger partial charge on any atom is 0.0659 e. The summed E-state index contributed by atoms with van der Waals surface area (Å²) in [6.07, 6.45) is 0.473. The molecule has 0 spiro atoms. The van der Waals surface area contributed by atoms with Gasteiger partial charge in [-0.05, 0) is 6.42 Å². The Balaban J connectivity index is 2.75. The molecule has 38 valence electrons. The van der Waals surface area contributed by atoms with E-state index >= 15 is 0 Å². The Morgan fingerprint density at radius 3 is 2.33 bits per heavy atom. The van der Waals surface area contributed by atoms with Gasteiger partial charge in [0.15, 0.2) is 0 Å². The van der Waals surface area contributed by atoms with E-state index in [1.54, 1.807) is 0 Å². The van der Waals surface area contributed by atoms with Gasteiger partial charge >= 0.3 is 0 Å². The monoisotopic (exact) mass is 89.1 g/mol. The molecule has 0 aliphatic heterocycles. The smallest absolute Gasteiger partial charge is 0.0659 e. The largest absolute Gasteiger partial charge is 0.392 e. The molecule has 0 fully saturated rings. The minimum absolute atomic E-state index is 0.287. The summed E-state index contributed by atoms with van der Waals surface area (Å²) in [6.45, 7) is 2.29. The van der Waals surface area contributed by atoms with Crippen LogP contribution in [0, 0.1) is 0 Å². The average molecular weight is 89.1 g/mol. The Hall–Kier alpha value is -0.0800. The molecule has 0 aliphatic rings. The average Bonchev–Trinajstić information content (AvgIpc) is 1.65. The van der Waals surface area contributed by atoms with E-state index in [2.05, 4.69) is 0 Å². The van der Waals surface area contributed by atoms with Gasteiger partial charge in [0.1, 0.15) is 0 Å². The zero-order chi connectivity index (χ0) is 4.99. The second-order valence-corrected chi connectivity index (χ2v) is 1.30. The topological polar surface area (TPSA) is 46.2 Å². The molecule has 0 saturated heterocycles. The molecule has 0 saturated carbocycles. The molecule has 0 rings (SSSR count). The maximum atomic E-state index is 8.54. The summed E-state index contributed by atoms with van der Waals surface area (Å²) in [5.41, 5.74) is 5.03. The maximum absolute atomic E-state index is 8.54. The van der Waals surface area contributed by atoms with Gasteiger partial charge in [0.05, 0.1) is 6.10 Å². The number of rotatable bonds is 2. The highest BCUT2D eigenvalue weighted by Crippen LogP contribution is 1.81. The van der Waals surface area contributed by atoms with Gasteiger partial charge in [-0.2, -0.15) is 0 Å². The van der Waals surface area contributed by atoms with Crippen molar-refractivity contribution >= 4 is 0 Å². The van der Waals surface area contributed by atoms with Crippen LogP contribution in [0.3, 0.4) is 0 Å². The summed E-state index contributed by atoms with van der Waals surface area (Å²) in [5.74, 6) is 0. The van der Waals surface area contributed by atoms with E-state index in [1.807, 2.05) is 6.92 Å². The summed E-state index contributed by atoms with van der Waals surface area (Å²) in [7, 11) is 0. The molecule has 0 aromatic carbocycles. The zero-order valence-electron chi connectivity index (χ0n) is 4.02. The van der Waals surface area contributed by atoms with Gasteiger partial charge in [0.25, 0.3) is 0 Å². The van der Waals surface area contributed by atoms with E-state index in [0.29, 0.717) is 6.54 Å². The van der Waals surface area contributed by atoms with Crippen molar-refractivity contribution in [3.05, 3.63) is 0 Å². The Morgan fingerprint density at radius 1 is 1.83 bits per heavy atom. The van der Waals surface area contributed by atoms with E-state index in [9.17, 15) is 0 Å². The van der Waals surface area contributed by atoms with Crippen LogP contribution >= 0.6 is 0 Å². The number of nitrogens with two attached hydrogens (primary N) is 1. The molecule has 2 heteroatoms. The van der Waals surface area contributed by atoms with Crippen molar-refractivity contribution in [3.63, 3.8) is 0 Å². The van der Waals surface area contributed by atoms with Crippen LogP contribution in [-0.4, -0.2) is 17.8 Å². The number of aliphatic hydroxyl groups is 1. The Kier molecular flexibility index (Phi) is 3.08. The first-order valence-corrected chi connectivity index (χ1v) is 2.19. The first-order valence-electron chi connectivity index (χ1n) is 2.19. The van der Waals surface area contributed by atoms with Gasteiger partial charge in [0.2, 0.25) is 0 Å². The van der Waals surface area contributed by atoms with Crippen LogP contribution < -0.4 is 5.73 Å². The predicted molar refractivity (Wildman–Crippen MR) is 25.4 cm³/mol. The lowest BCUT2D eigenvalue weighted by molar-refractivity contribution is 0.179. The highest BCUT2D eigenvalue weighted by Gasteiger charge is 1.90. The third-order valence-electron chi connectivity index (χ3n) is 0.743. The van der Waals surface area contributed by atoms with Crippen molar-refractivity contribution in [2.75, 3.05) is 6.54 Å². The van der Waals surface area contributed by atoms with Crippen LogP contribution in [0.25, 0.3) is 0 Å². The van der Waals surface area contributed by atoms with E-state index in [1.165, 1.54) is 0 Å². The molecule has 0 aromatic rings. The van der Waals surface area contributed by atoms with Crippen LogP contribution in [0.15, 0.2) is 0 Å². The van der Waals surface area contributed by atoms with Crippen molar-refractivity contribution in [2.24, 2.45) is 5.73 Å². The summed E-state index contributed by atoms with van der Waals surface area (Å²) >= 11 is 0. The Morgan fingerprint density at radius 2 is 2.33 bits per heavy atom. The third-order valence-corrected chi connectivity index (χ3v) is 0.743. The Bertz CT molecular complexity index is 26.7. The molecule has 1 atom stereocenters. The molecule has 0 aromatic heterocycles. The molecule has 0 amide bonds. The van der Waals surface area contributed by atoms with Crippen LogP contribution in [-0.2, 0) is 0 Å². The summed E-state index contributed by atoms with van der Waals surface area (Å²) in [4.78, 5) is 0. The minimum atomic E-state index is -0.287. The second kappa shape index (κ2) is 3.12. The van der Waals surface area contributed by atoms with Crippen molar-refractivity contribution in [1.29, 1.82) is 0 Å². The first-order chi connectivity index (χ1) is 2.81. The molecule has 3 N–H and O–H groups in total. The SMILES string of the molecule is CC[C@@H](O)CN. The lowest BCUT2D eigenvalue weighted by Gasteiger charge is -1.98. The first kappa shape index (κ1) is 5.92. The van der Waals surface area contributed by atoms with Crippen molar-refractivity contribution in [3.8, 4) is 0 Å². The van der Waals surface area contributed by atoms with Crippen molar-refractivity contribution in [1.82, 2.24) is 0 Å². The fraction of sp³-hybridized carbons (Fsp3) is 1.00. The molecular weight excluding hydrogens is 78.1 g/mol. The fourth-order valence-corrected chi connectivity index (χ4v) is 0.167. The quantitative estimate of drug-likeness (QED) is 0.488. The number of hydrogen-bond acceptors (Lipinski definition) is 2. The van der Waals surface area contributed by atoms with Gasteiger partial charge in [-0.1, -0.05) is 6.92 Å². The van der Waals surface area contributed by atoms with Gasteiger partial charge < -0.3 is 10.8 Å². The van der Waals surface area contributed by atoms with E-state index in [0.717, 1.165) is 6.42 Å². The van der Waals surface area contributed by atoms with Crippen LogP contribution in [0.5, 0.6) is 0 Å². The molecule has 2 nitrogen and oxygen atoms in total. The standard InChI is InChI=1S/C4H11NO/c1-2-4(6)3-5/h4,6H,2-3,5H2,1H3/t4-/m1/s1. The lowest BCUT2D eigenvalue weighted by Crippen LogP contribution is -2.17. The van der Waals surface area contributed by atoms with Gasteiger partial charge in [-0.3, -0.25) is 0 Å². The van der Waals surface area contributed by atoms with Crippen LogP contribution in [0.4, 0.5) is 0 Å². The lowest BCUT2D eigenvalue weighted by atomic mass is 10.3. The zero-order valence-corrected chi connectivity index (χ0v) is 4.02. The molecule has 0 heterocycles. The fourth-order valence-electron chi connectivity index (χ4n) is 0.167. The van der Waals surface area contributed by atoms with Gasteiger partial charge in [-0.25, -0.2) is 0 Å². The third kappa shape index (κ3) is 2.18. The summed E-state index contributed by atoms with van der Waals surface area (Å²) in [5, 5.41) is 8.54. The molecule has 0 radical (unpaired) electrons. The number of aliphatic hydroxyl groups excluding tert-OH is 1. The van der Waals surface area contributed by atoms with E-state index in [4.69, 9.17) is 10.8 Å². The second-order valence-electron chi connectivity index (χ2n) is 1.30. The van der Waals surface area contributed by atoms with Gasteiger partial charge in [0, 0.05) is 6.54 Å². The van der Waals surface area contributed by atoms with E-state index < -0.39 is 0 Å². The number of hydrogen-bond donors (Lipinski definition) is 2. The predicted octanol–water partition coefficient (Wildman–Crippen LogP) is -0.284. The minimum Gasteiger partial charge on any atom is -0.392 e. The van der Waals surface area contributed by atoms with Crippen molar-refractivity contribution < 1.29 is 5.11 Å². The van der Waals surface area contributed by atoms with Crippen LogP contribution in [0.1, 0.15) is 13.3 Å². The van der Waals surface area contributed by atoms with Crippen molar-refractivity contribution in [2.45, 2.75) is 19.4 Å². The van der Waals surface area contributed by atoms with Crippen LogP contribution in [0.2, 0.25) is 0 Å².